The Morgan fingerprint density at radius 1 is 1.17 bits per heavy atom. The van der Waals surface area contributed by atoms with Crippen LogP contribution in [0.15, 0.2) is 24.3 Å². The zero-order chi connectivity index (χ0) is 17.9. The number of aromatic carboxylic acids is 1. The third kappa shape index (κ3) is 3.90. The van der Waals surface area contributed by atoms with Gasteiger partial charge in [0.2, 0.25) is 0 Å². The van der Waals surface area contributed by atoms with E-state index >= 15 is 0 Å². The van der Waals surface area contributed by atoms with E-state index in [0.29, 0.717) is 21.4 Å². The maximum absolute atomic E-state index is 11.9. The van der Waals surface area contributed by atoms with Crippen molar-refractivity contribution in [2.45, 2.75) is 13.8 Å². The number of methoxy groups -OCH3 is 1. The van der Waals surface area contributed by atoms with E-state index in [-0.39, 0.29) is 5.56 Å². The monoisotopic (exact) mass is 364 g/mol. The van der Waals surface area contributed by atoms with Crippen molar-refractivity contribution in [3.05, 3.63) is 45.8 Å². The van der Waals surface area contributed by atoms with Crippen LogP contribution < -0.4 is 10.6 Å². The fraction of sp³-hybridized carbons (Fsp3) is 0.188. The summed E-state index contributed by atoms with van der Waals surface area (Å²) >= 11 is 6.67. The minimum Gasteiger partial charge on any atom is -0.478 e. The fourth-order valence-corrected chi connectivity index (χ4v) is 3.36. The number of carboxylic acids is 1. The largest absolute Gasteiger partial charge is 0.478 e. The second-order valence-electron chi connectivity index (χ2n) is 4.94. The van der Waals surface area contributed by atoms with E-state index in [9.17, 15) is 9.59 Å². The van der Waals surface area contributed by atoms with Crippen LogP contribution in [-0.2, 0) is 4.74 Å². The number of nitrogens with one attached hydrogen (secondary N) is 2. The van der Waals surface area contributed by atoms with E-state index in [4.69, 9.17) is 22.1 Å². The number of aryl methyl sites for hydroxylation is 1. The van der Waals surface area contributed by atoms with Gasteiger partial charge in [-0.15, -0.1) is 11.3 Å². The Kier molecular flexibility index (Phi) is 5.53. The topological polar surface area (TPSA) is 87.7 Å². The molecule has 126 valence electrons. The van der Waals surface area contributed by atoms with E-state index in [2.05, 4.69) is 10.6 Å². The molecule has 0 bridgehead atoms. The van der Waals surface area contributed by atoms with Crippen LogP contribution in [0.3, 0.4) is 0 Å². The number of ether oxygens (including phenoxy) is 1. The summed E-state index contributed by atoms with van der Waals surface area (Å²) in [6, 6.07) is 6.19. The van der Waals surface area contributed by atoms with Gasteiger partial charge >= 0.3 is 11.9 Å². The molecule has 24 heavy (non-hydrogen) atoms. The van der Waals surface area contributed by atoms with Crippen LogP contribution in [0.25, 0.3) is 0 Å². The summed E-state index contributed by atoms with van der Waals surface area (Å²) in [5.41, 5.74) is 2.15. The number of thiocarbonyl (C=S) groups is 1. The van der Waals surface area contributed by atoms with Crippen molar-refractivity contribution >= 4 is 51.3 Å². The zero-order valence-electron chi connectivity index (χ0n) is 13.3. The highest BCUT2D eigenvalue weighted by atomic mass is 32.1. The molecule has 1 aromatic carbocycles. The number of hydrogen-bond donors (Lipinski definition) is 3. The third-order valence-corrected chi connectivity index (χ3v) is 4.72. The van der Waals surface area contributed by atoms with E-state index in [1.807, 2.05) is 13.8 Å². The summed E-state index contributed by atoms with van der Waals surface area (Å²) in [5, 5.41) is 15.7. The average Bonchev–Trinajstić information content (AvgIpc) is 2.81. The number of benzene rings is 1. The molecule has 3 N–H and O–H groups in total. The molecule has 2 rings (SSSR count). The summed E-state index contributed by atoms with van der Waals surface area (Å²) in [4.78, 5) is 23.8. The first-order valence-corrected chi connectivity index (χ1v) is 8.15. The van der Waals surface area contributed by atoms with Gasteiger partial charge in [-0.05, 0) is 55.9 Å². The Bertz CT molecular complexity index is 797. The molecule has 0 saturated carbocycles. The first-order chi connectivity index (χ1) is 11.3. The van der Waals surface area contributed by atoms with Gasteiger partial charge in [0.05, 0.1) is 18.2 Å². The van der Waals surface area contributed by atoms with E-state index in [0.717, 1.165) is 10.4 Å². The molecule has 0 unspecified atom stereocenters. The van der Waals surface area contributed by atoms with Gasteiger partial charge in [0.15, 0.2) is 5.11 Å². The summed E-state index contributed by atoms with van der Waals surface area (Å²) in [6.07, 6.45) is 0. The molecule has 0 radical (unpaired) electrons. The molecule has 0 spiro atoms. The molecule has 0 fully saturated rings. The van der Waals surface area contributed by atoms with Crippen molar-refractivity contribution in [1.82, 2.24) is 0 Å². The minimum atomic E-state index is -0.991. The van der Waals surface area contributed by atoms with Crippen LogP contribution in [0.2, 0.25) is 0 Å². The normalized spacial score (nSPS) is 10.1. The quantitative estimate of drug-likeness (QED) is 0.564. The van der Waals surface area contributed by atoms with Gasteiger partial charge in [0.25, 0.3) is 0 Å². The number of rotatable bonds is 4. The Hall–Kier alpha value is -2.45. The molecule has 0 atom stereocenters. The smallest absolute Gasteiger partial charge is 0.341 e. The number of anilines is 2. The van der Waals surface area contributed by atoms with Crippen LogP contribution >= 0.6 is 23.6 Å². The summed E-state index contributed by atoms with van der Waals surface area (Å²) < 4.78 is 4.81. The average molecular weight is 364 g/mol. The lowest BCUT2D eigenvalue weighted by Gasteiger charge is -2.11. The Morgan fingerprint density at radius 3 is 2.33 bits per heavy atom. The van der Waals surface area contributed by atoms with Crippen molar-refractivity contribution in [1.29, 1.82) is 0 Å². The maximum Gasteiger partial charge on any atom is 0.341 e. The first kappa shape index (κ1) is 17.9. The predicted molar refractivity (Wildman–Crippen MR) is 98.4 cm³/mol. The SMILES string of the molecule is COC(=O)c1c(NC(=S)Nc2ccc(C(=O)O)cc2)sc(C)c1C. The third-order valence-electron chi connectivity index (χ3n) is 3.39. The second kappa shape index (κ2) is 7.41. The molecule has 1 heterocycles. The van der Waals surface area contributed by atoms with Crippen LogP contribution in [-0.4, -0.2) is 29.3 Å². The number of hydrogen-bond acceptors (Lipinski definition) is 5. The Balaban J connectivity index is 2.14. The van der Waals surface area contributed by atoms with Crippen molar-refractivity contribution in [3.63, 3.8) is 0 Å². The molecule has 0 aliphatic heterocycles. The van der Waals surface area contributed by atoms with Crippen LogP contribution in [0.4, 0.5) is 10.7 Å². The number of carboxylic acid groups (broad SMARTS) is 1. The highest BCUT2D eigenvalue weighted by molar-refractivity contribution is 7.80. The summed E-state index contributed by atoms with van der Waals surface area (Å²) in [5.74, 6) is -1.41. The lowest BCUT2D eigenvalue weighted by Crippen LogP contribution is -2.20. The van der Waals surface area contributed by atoms with Gasteiger partial charge < -0.3 is 20.5 Å². The lowest BCUT2D eigenvalue weighted by molar-refractivity contribution is 0.0600. The lowest BCUT2D eigenvalue weighted by atomic mass is 10.1. The van der Waals surface area contributed by atoms with Crippen molar-refractivity contribution < 1.29 is 19.4 Å². The maximum atomic E-state index is 11.9. The van der Waals surface area contributed by atoms with Crippen molar-refractivity contribution in [3.8, 4) is 0 Å². The first-order valence-electron chi connectivity index (χ1n) is 6.93. The molecule has 2 aromatic rings. The number of thiophene rings is 1. The molecule has 6 nitrogen and oxygen atoms in total. The Morgan fingerprint density at radius 2 is 1.79 bits per heavy atom. The van der Waals surface area contributed by atoms with E-state index in [1.165, 1.54) is 30.6 Å². The van der Waals surface area contributed by atoms with Crippen LogP contribution in [0, 0.1) is 13.8 Å². The van der Waals surface area contributed by atoms with E-state index < -0.39 is 11.9 Å². The van der Waals surface area contributed by atoms with Crippen molar-refractivity contribution in [2.24, 2.45) is 0 Å². The van der Waals surface area contributed by atoms with E-state index in [1.54, 1.807) is 12.1 Å². The van der Waals surface area contributed by atoms with Gasteiger partial charge in [0, 0.05) is 10.6 Å². The van der Waals surface area contributed by atoms with Crippen LogP contribution in [0.1, 0.15) is 31.2 Å². The molecule has 0 aliphatic rings. The molecule has 0 saturated heterocycles. The van der Waals surface area contributed by atoms with Gasteiger partial charge in [-0.25, -0.2) is 9.59 Å². The van der Waals surface area contributed by atoms with Gasteiger partial charge in [-0.1, -0.05) is 0 Å². The standard InChI is InChI=1S/C16H16N2O4S2/c1-8-9(2)24-13(12(8)15(21)22-3)18-16(23)17-11-6-4-10(5-7-11)14(19)20/h4-7H,1-3H3,(H,19,20)(H2,17,18,23). The second-order valence-corrected chi connectivity index (χ2v) is 6.57. The Labute approximate surface area is 148 Å². The van der Waals surface area contributed by atoms with Gasteiger partial charge in [-0.2, -0.15) is 0 Å². The minimum absolute atomic E-state index is 0.192. The number of carbonyl (C=O) groups excluding carboxylic acids is 1. The fourth-order valence-electron chi connectivity index (χ4n) is 2.02. The van der Waals surface area contributed by atoms with Gasteiger partial charge in [0.1, 0.15) is 5.00 Å². The highest BCUT2D eigenvalue weighted by Crippen LogP contribution is 2.33. The predicted octanol–water partition coefficient (Wildman–Crippen LogP) is 3.66. The molecule has 0 amide bonds. The number of carbonyl (C=O) groups is 2. The van der Waals surface area contributed by atoms with Gasteiger partial charge in [-0.3, -0.25) is 0 Å². The molecule has 8 heteroatoms. The summed E-state index contributed by atoms with van der Waals surface area (Å²) in [6.45, 7) is 3.77. The van der Waals surface area contributed by atoms with Crippen LogP contribution in [0.5, 0.6) is 0 Å². The van der Waals surface area contributed by atoms with Crippen molar-refractivity contribution in [2.75, 3.05) is 17.7 Å². The molecular weight excluding hydrogens is 348 g/mol. The highest BCUT2D eigenvalue weighted by Gasteiger charge is 2.20. The number of esters is 1. The molecule has 0 aliphatic carbocycles. The summed E-state index contributed by atoms with van der Waals surface area (Å²) in [7, 11) is 1.33. The zero-order valence-corrected chi connectivity index (χ0v) is 14.9. The molecule has 1 aromatic heterocycles. The molecular formula is C16H16N2O4S2.